The number of hydrogen-bond donors (Lipinski definition) is 1. The molecule has 0 saturated carbocycles. The third kappa shape index (κ3) is 1.51. The zero-order valence-corrected chi connectivity index (χ0v) is 7.89. The average Bonchev–Trinajstić information content (AvgIpc) is 2.19. The maximum atomic E-state index is 11.4. The Morgan fingerprint density at radius 1 is 1.36 bits per heavy atom. The van der Waals surface area contributed by atoms with E-state index in [0.717, 1.165) is 5.69 Å². The molecule has 74 valence electrons. The van der Waals surface area contributed by atoms with E-state index in [0.29, 0.717) is 12.8 Å². The van der Waals surface area contributed by atoms with E-state index in [2.05, 4.69) is 0 Å². The van der Waals surface area contributed by atoms with Gasteiger partial charge in [-0.1, -0.05) is 18.2 Å². The highest BCUT2D eigenvalue weighted by atomic mass is 16.3. The van der Waals surface area contributed by atoms with Crippen LogP contribution < -0.4 is 4.90 Å². The fourth-order valence-corrected chi connectivity index (χ4v) is 1.81. The minimum absolute atomic E-state index is 0.140. The lowest BCUT2D eigenvalue weighted by Crippen LogP contribution is -2.53. The molecule has 1 atom stereocenters. The lowest BCUT2D eigenvalue weighted by Gasteiger charge is -2.40. The summed E-state index contributed by atoms with van der Waals surface area (Å²) in [4.78, 5) is 13.1. The molecular weight excluding hydrogens is 178 g/mol. The molecule has 3 heteroatoms. The van der Waals surface area contributed by atoms with Gasteiger partial charge in [0.15, 0.2) is 0 Å². The number of anilines is 1. The van der Waals surface area contributed by atoms with E-state index < -0.39 is 0 Å². The molecule has 0 bridgehead atoms. The van der Waals surface area contributed by atoms with E-state index in [1.165, 1.54) is 0 Å². The Morgan fingerprint density at radius 2 is 2.07 bits per heavy atom. The van der Waals surface area contributed by atoms with Gasteiger partial charge < -0.3 is 10.0 Å². The molecule has 1 fully saturated rings. The van der Waals surface area contributed by atoms with Crippen molar-refractivity contribution in [2.75, 3.05) is 11.5 Å². The lowest BCUT2D eigenvalue weighted by atomic mass is 9.98. The Kier molecular flexibility index (Phi) is 2.50. The van der Waals surface area contributed by atoms with Crippen molar-refractivity contribution >= 4 is 11.6 Å². The number of carbonyl (C=O) groups is 1. The minimum Gasteiger partial charge on any atom is -0.396 e. The SMILES string of the molecule is O=C1CC(CCO)N1c1ccccc1. The van der Waals surface area contributed by atoms with Gasteiger partial charge in [-0.25, -0.2) is 0 Å². The summed E-state index contributed by atoms with van der Waals surface area (Å²) in [5, 5.41) is 8.81. The molecule has 1 heterocycles. The molecule has 1 N–H and O–H groups in total. The summed E-state index contributed by atoms with van der Waals surface area (Å²) in [6, 6.07) is 9.78. The van der Waals surface area contributed by atoms with Gasteiger partial charge in [0.1, 0.15) is 0 Å². The smallest absolute Gasteiger partial charge is 0.229 e. The maximum Gasteiger partial charge on any atom is 0.229 e. The van der Waals surface area contributed by atoms with Gasteiger partial charge in [-0.3, -0.25) is 4.79 Å². The van der Waals surface area contributed by atoms with E-state index in [4.69, 9.17) is 5.11 Å². The van der Waals surface area contributed by atoms with Gasteiger partial charge in [-0.05, 0) is 18.6 Å². The van der Waals surface area contributed by atoms with Crippen LogP contribution in [0.5, 0.6) is 0 Å². The summed E-state index contributed by atoms with van der Waals surface area (Å²) in [6.45, 7) is 0.140. The Hall–Kier alpha value is -1.35. The second-order valence-corrected chi connectivity index (χ2v) is 3.47. The molecule has 1 aromatic rings. The number of β-lactam (4-membered cyclic amide) rings is 1. The highest BCUT2D eigenvalue weighted by Crippen LogP contribution is 2.28. The van der Waals surface area contributed by atoms with Crippen molar-refractivity contribution < 1.29 is 9.90 Å². The molecule has 0 radical (unpaired) electrons. The second-order valence-electron chi connectivity index (χ2n) is 3.47. The normalized spacial score (nSPS) is 20.8. The summed E-state index contributed by atoms with van der Waals surface area (Å²) in [5.74, 6) is 0.148. The van der Waals surface area contributed by atoms with Crippen molar-refractivity contribution in [2.45, 2.75) is 18.9 Å². The van der Waals surface area contributed by atoms with Gasteiger partial charge in [0.25, 0.3) is 0 Å². The number of benzene rings is 1. The highest BCUT2D eigenvalue weighted by molar-refractivity contribution is 6.00. The summed E-state index contributed by atoms with van der Waals surface area (Å²) < 4.78 is 0. The molecule has 1 aliphatic rings. The van der Waals surface area contributed by atoms with Gasteiger partial charge in [0.2, 0.25) is 5.91 Å². The molecule has 1 aliphatic heterocycles. The van der Waals surface area contributed by atoms with E-state index in [1.54, 1.807) is 4.90 Å². The molecule has 1 aromatic carbocycles. The van der Waals surface area contributed by atoms with Gasteiger partial charge >= 0.3 is 0 Å². The fourth-order valence-electron chi connectivity index (χ4n) is 1.81. The zero-order valence-electron chi connectivity index (χ0n) is 7.89. The molecule has 1 amide bonds. The Morgan fingerprint density at radius 3 is 2.64 bits per heavy atom. The number of carbonyl (C=O) groups excluding carboxylic acids is 1. The standard InChI is InChI=1S/C11H13NO2/c13-7-6-10-8-11(14)12(10)9-4-2-1-3-5-9/h1-5,10,13H,6-8H2. The summed E-state index contributed by atoms with van der Waals surface area (Å²) in [7, 11) is 0. The first-order chi connectivity index (χ1) is 6.83. The van der Waals surface area contributed by atoms with Crippen LogP contribution >= 0.6 is 0 Å². The molecule has 0 aliphatic carbocycles. The summed E-state index contributed by atoms with van der Waals surface area (Å²) >= 11 is 0. The molecule has 14 heavy (non-hydrogen) atoms. The van der Waals surface area contributed by atoms with Crippen molar-refractivity contribution in [1.29, 1.82) is 0 Å². The van der Waals surface area contributed by atoms with Crippen LogP contribution in [0.3, 0.4) is 0 Å². The predicted molar refractivity (Wildman–Crippen MR) is 54.0 cm³/mol. The monoisotopic (exact) mass is 191 g/mol. The predicted octanol–water partition coefficient (Wildman–Crippen LogP) is 1.17. The van der Waals surface area contributed by atoms with Crippen molar-refractivity contribution in [3.63, 3.8) is 0 Å². The van der Waals surface area contributed by atoms with E-state index in [-0.39, 0.29) is 18.6 Å². The molecule has 3 nitrogen and oxygen atoms in total. The molecule has 0 aromatic heterocycles. The lowest BCUT2D eigenvalue weighted by molar-refractivity contribution is -0.124. The molecular formula is C11H13NO2. The third-order valence-corrected chi connectivity index (χ3v) is 2.54. The number of amides is 1. The number of para-hydroxylation sites is 1. The zero-order chi connectivity index (χ0) is 9.97. The Bertz CT molecular complexity index is 323. The number of aliphatic hydroxyl groups excluding tert-OH is 1. The second kappa shape index (κ2) is 3.80. The fraction of sp³-hybridized carbons (Fsp3) is 0.364. The first-order valence-electron chi connectivity index (χ1n) is 4.81. The van der Waals surface area contributed by atoms with Crippen molar-refractivity contribution in [1.82, 2.24) is 0 Å². The van der Waals surface area contributed by atoms with E-state index in [1.807, 2.05) is 30.3 Å². The quantitative estimate of drug-likeness (QED) is 0.729. The largest absolute Gasteiger partial charge is 0.396 e. The molecule has 1 saturated heterocycles. The number of rotatable bonds is 3. The maximum absolute atomic E-state index is 11.4. The van der Waals surface area contributed by atoms with Crippen LogP contribution in [-0.2, 0) is 4.79 Å². The molecule has 2 rings (SSSR count). The first kappa shape index (κ1) is 9.21. The van der Waals surface area contributed by atoms with Gasteiger partial charge in [-0.15, -0.1) is 0 Å². The van der Waals surface area contributed by atoms with E-state index >= 15 is 0 Å². The van der Waals surface area contributed by atoms with Crippen molar-refractivity contribution in [3.05, 3.63) is 30.3 Å². The Balaban J connectivity index is 2.13. The van der Waals surface area contributed by atoms with Crippen LogP contribution in [0.1, 0.15) is 12.8 Å². The molecule has 0 spiro atoms. The van der Waals surface area contributed by atoms with Crippen molar-refractivity contribution in [3.8, 4) is 0 Å². The number of hydrogen-bond acceptors (Lipinski definition) is 2. The van der Waals surface area contributed by atoms with Crippen LogP contribution in [0, 0.1) is 0 Å². The third-order valence-electron chi connectivity index (χ3n) is 2.54. The van der Waals surface area contributed by atoms with Crippen LogP contribution in [0.25, 0.3) is 0 Å². The van der Waals surface area contributed by atoms with Crippen LogP contribution in [-0.4, -0.2) is 23.7 Å². The molecule has 1 unspecified atom stereocenters. The van der Waals surface area contributed by atoms with Crippen LogP contribution in [0.4, 0.5) is 5.69 Å². The van der Waals surface area contributed by atoms with Gasteiger partial charge in [0.05, 0.1) is 0 Å². The average molecular weight is 191 g/mol. The number of nitrogens with zero attached hydrogens (tertiary/aromatic N) is 1. The van der Waals surface area contributed by atoms with Crippen LogP contribution in [0.15, 0.2) is 30.3 Å². The van der Waals surface area contributed by atoms with Gasteiger partial charge in [0, 0.05) is 24.8 Å². The Labute approximate surface area is 83.0 Å². The summed E-state index contributed by atoms with van der Waals surface area (Å²) in [5.41, 5.74) is 0.933. The van der Waals surface area contributed by atoms with Crippen LogP contribution in [0.2, 0.25) is 0 Å². The minimum atomic E-state index is 0.140. The van der Waals surface area contributed by atoms with Gasteiger partial charge in [-0.2, -0.15) is 0 Å². The topological polar surface area (TPSA) is 40.5 Å². The highest BCUT2D eigenvalue weighted by Gasteiger charge is 2.36. The first-order valence-corrected chi connectivity index (χ1v) is 4.81. The van der Waals surface area contributed by atoms with E-state index in [9.17, 15) is 4.79 Å². The van der Waals surface area contributed by atoms with Crippen molar-refractivity contribution in [2.24, 2.45) is 0 Å². The number of aliphatic hydroxyl groups is 1. The summed E-state index contributed by atoms with van der Waals surface area (Å²) in [6.07, 6.45) is 1.23.